The topological polar surface area (TPSA) is 67.4 Å². The molecule has 2 fully saturated rings. The van der Waals surface area contributed by atoms with Gasteiger partial charge in [0.1, 0.15) is 5.76 Å². The predicted octanol–water partition coefficient (Wildman–Crippen LogP) is 1.16. The predicted molar refractivity (Wildman–Crippen MR) is 87.2 cm³/mol. The lowest BCUT2D eigenvalue weighted by Gasteiger charge is -2.34. The monoisotopic (exact) mass is 329 g/mol. The van der Waals surface area contributed by atoms with Gasteiger partial charge in [0.25, 0.3) is 0 Å². The maximum absolute atomic E-state index is 12.7. The molecule has 7 heteroatoms. The number of aryl methyl sites for hydroxylation is 2. The number of rotatable bonds is 4. The summed E-state index contributed by atoms with van der Waals surface area (Å²) in [4.78, 5) is 17.0. The van der Waals surface area contributed by atoms with Gasteiger partial charge in [0, 0.05) is 58.0 Å². The molecule has 1 aliphatic carbocycles. The molecule has 0 radical (unpaired) electrons. The third-order valence-electron chi connectivity index (χ3n) is 5.01. The van der Waals surface area contributed by atoms with Crippen LogP contribution in [0.1, 0.15) is 29.4 Å². The van der Waals surface area contributed by atoms with Crippen LogP contribution in [-0.4, -0.2) is 56.8 Å². The van der Waals surface area contributed by atoms with Gasteiger partial charge in [-0.25, -0.2) is 0 Å². The highest BCUT2D eigenvalue weighted by atomic mass is 16.5. The van der Waals surface area contributed by atoms with E-state index in [2.05, 4.69) is 15.2 Å². The Morgan fingerprint density at radius 1 is 1.33 bits per heavy atom. The molecular weight excluding hydrogens is 306 g/mol. The Labute approximate surface area is 141 Å². The molecule has 0 aromatic carbocycles. The molecule has 2 aliphatic rings. The fourth-order valence-electron chi connectivity index (χ4n) is 3.55. The Morgan fingerprint density at radius 3 is 2.75 bits per heavy atom. The van der Waals surface area contributed by atoms with E-state index in [-0.39, 0.29) is 5.92 Å². The van der Waals surface area contributed by atoms with Crippen molar-refractivity contribution in [2.75, 3.05) is 26.2 Å². The third kappa shape index (κ3) is 3.08. The first-order valence-corrected chi connectivity index (χ1v) is 8.52. The van der Waals surface area contributed by atoms with E-state index in [0.717, 1.165) is 50.6 Å². The number of carbonyl (C=O) groups is 1. The van der Waals surface area contributed by atoms with Crippen molar-refractivity contribution >= 4 is 5.91 Å². The standard InChI is InChI=1S/C17H23N5O2/c1-12-7-14(19-24-12)11-21-3-5-22(6-4-21)17(23)16-8-15(16)13-9-18-20(2)10-13/h7,9-10,15-16H,3-6,8,11H2,1-2H3/t15-,16+/m1/s1. The van der Waals surface area contributed by atoms with Crippen molar-refractivity contribution in [2.24, 2.45) is 13.0 Å². The molecule has 2 aromatic heterocycles. The van der Waals surface area contributed by atoms with E-state index >= 15 is 0 Å². The Balaban J connectivity index is 1.28. The highest BCUT2D eigenvalue weighted by Gasteiger charge is 2.46. The highest BCUT2D eigenvalue weighted by molar-refractivity contribution is 5.83. The fraction of sp³-hybridized carbons (Fsp3) is 0.588. The number of aromatic nitrogens is 3. The maximum Gasteiger partial charge on any atom is 0.226 e. The van der Waals surface area contributed by atoms with Gasteiger partial charge in [0.15, 0.2) is 0 Å². The third-order valence-corrected chi connectivity index (χ3v) is 5.01. The first kappa shape index (κ1) is 15.4. The molecule has 1 saturated carbocycles. The van der Waals surface area contributed by atoms with Gasteiger partial charge < -0.3 is 9.42 Å². The van der Waals surface area contributed by atoms with Crippen LogP contribution in [0.25, 0.3) is 0 Å². The van der Waals surface area contributed by atoms with E-state index < -0.39 is 0 Å². The lowest BCUT2D eigenvalue weighted by Crippen LogP contribution is -2.48. The van der Waals surface area contributed by atoms with Crippen molar-refractivity contribution in [3.8, 4) is 0 Å². The molecular formula is C17H23N5O2. The summed E-state index contributed by atoms with van der Waals surface area (Å²) in [6.07, 6.45) is 4.87. The second kappa shape index (κ2) is 6.05. The van der Waals surface area contributed by atoms with E-state index in [1.165, 1.54) is 5.56 Å². The molecule has 2 aromatic rings. The minimum Gasteiger partial charge on any atom is -0.361 e. The number of amides is 1. The molecule has 1 saturated heterocycles. The average molecular weight is 329 g/mol. The minimum absolute atomic E-state index is 0.152. The quantitative estimate of drug-likeness (QED) is 0.842. The summed E-state index contributed by atoms with van der Waals surface area (Å²) in [5.74, 6) is 1.66. The van der Waals surface area contributed by atoms with Crippen molar-refractivity contribution in [1.82, 2.24) is 24.7 Å². The normalized spacial score (nSPS) is 24.3. The molecule has 0 spiro atoms. The number of carbonyl (C=O) groups excluding carboxylic acids is 1. The van der Waals surface area contributed by atoms with Crippen LogP contribution in [-0.2, 0) is 18.4 Å². The number of piperazine rings is 1. The maximum atomic E-state index is 12.7. The van der Waals surface area contributed by atoms with Crippen molar-refractivity contribution in [2.45, 2.75) is 25.8 Å². The van der Waals surface area contributed by atoms with Gasteiger partial charge >= 0.3 is 0 Å². The lowest BCUT2D eigenvalue weighted by molar-refractivity contribution is -0.134. The molecule has 24 heavy (non-hydrogen) atoms. The van der Waals surface area contributed by atoms with Gasteiger partial charge in [-0.3, -0.25) is 14.4 Å². The summed E-state index contributed by atoms with van der Waals surface area (Å²) in [5, 5.41) is 8.25. The van der Waals surface area contributed by atoms with Crippen LogP contribution >= 0.6 is 0 Å². The van der Waals surface area contributed by atoms with Crippen LogP contribution in [0.15, 0.2) is 23.0 Å². The summed E-state index contributed by atoms with van der Waals surface area (Å²) in [6, 6.07) is 1.97. The van der Waals surface area contributed by atoms with Crippen molar-refractivity contribution in [1.29, 1.82) is 0 Å². The van der Waals surface area contributed by atoms with E-state index in [4.69, 9.17) is 4.52 Å². The zero-order valence-electron chi connectivity index (χ0n) is 14.2. The van der Waals surface area contributed by atoms with Crippen LogP contribution in [0.2, 0.25) is 0 Å². The zero-order valence-corrected chi connectivity index (χ0v) is 14.2. The Morgan fingerprint density at radius 2 is 2.12 bits per heavy atom. The summed E-state index contributed by atoms with van der Waals surface area (Å²) in [5.41, 5.74) is 2.15. The fourth-order valence-corrected chi connectivity index (χ4v) is 3.55. The summed E-state index contributed by atoms with van der Waals surface area (Å²) >= 11 is 0. The molecule has 4 rings (SSSR count). The SMILES string of the molecule is Cc1cc(CN2CCN(C(=O)[C@H]3C[C@@H]3c3cnn(C)c3)CC2)no1. The molecule has 0 unspecified atom stereocenters. The van der Waals surface area contributed by atoms with Crippen LogP contribution in [0.3, 0.4) is 0 Å². The molecule has 2 atom stereocenters. The average Bonchev–Trinajstić information content (AvgIpc) is 3.09. The lowest BCUT2D eigenvalue weighted by atomic mass is 10.1. The van der Waals surface area contributed by atoms with Crippen LogP contribution < -0.4 is 0 Å². The van der Waals surface area contributed by atoms with Gasteiger partial charge in [0.2, 0.25) is 5.91 Å². The second-order valence-electron chi connectivity index (χ2n) is 6.93. The van der Waals surface area contributed by atoms with Crippen LogP contribution in [0, 0.1) is 12.8 Å². The minimum atomic E-state index is 0.152. The Hall–Kier alpha value is -2.15. The summed E-state index contributed by atoms with van der Waals surface area (Å²) < 4.78 is 6.92. The molecule has 1 aliphatic heterocycles. The number of hydrogen-bond donors (Lipinski definition) is 0. The number of nitrogens with zero attached hydrogens (tertiary/aromatic N) is 5. The number of hydrogen-bond acceptors (Lipinski definition) is 5. The molecule has 0 bridgehead atoms. The summed E-state index contributed by atoms with van der Waals surface area (Å²) in [6.45, 7) is 6.07. The zero-order chi connectivity index (χ0) is 16.7. The second-order valence-corrected chi connectivity index (χ2v) is 6.93. The van der Waals surface area contributed by atoms with E-state index in [0.29, 0.717) is 11.8 Å². The van der Waals surface area contributed by atoms with E-state index in [1.807, 2.05) is 37.3 Å². The highest BCUT2D eigenvalue weighted by Crippen LogP contribution is 2.48. The van der Waals surface area contributed by atoms with Crippen LogP contribution in [0.4, 0.5) is 0 Å². The van der Waals surface area contributed by atoms with E-state index in [1.54, 1.807) is 4.68 Å². The van der Waals surface area contributed by atoms with Crippen molar-refractivity contribution in [3.05, 3.63) is 35.5 Å². The first-order valence-electron chi connectivity index (χ1n) is 8.52. The molecule has 1 amide bonds. The molecule has 7 nitrogen and oxygen atoms in total. The van der Waals surface area contributed by atoms with E-state index in [9.17, 15) is 4.79 Å². The van der Waals surface area contributed by atoms with Gasteiger partial charge in [-0.2, -0.15) is 5.10 Å². The van der Waals surface area contributed by atoms with Gasteiger partial charge in [-0.15, -0.1) is 0 Å². The van der Waals surface area contributed by atoms with Crippen LogP contribution in [0.5, 0.6) is 0 Å². The van der Waals surface area contributed by atoms with Gasteiger partial charge in [-0.1, -0.05) is 5.16 Å². The molecule has 3 heterocycles. The largest absolute Gasteiger partial charge is 0.361 e. The molecule has 0 N–H and O–H groups in total. The molecule has 128 valence electrons. The van der Waals surface area contributed by atoms with Crippen molar-refractivity contribution < 1.29 is 9.32 Å². The Kier molecular flexibility index (Phi) is 3.88. The smallest absolute Gasteiger partial charge is 0.226 e. The summed E-state index contributed by atoms with van der Waals surface area (Å²) in [7, 11) is 1.91. The van der Waals surface area contributed by atoms with Crippen molar-refractivity contribution in [3.63, 3.8) is 0 Å². The van der Waals surface area contributed by atoms with Gasteiger partial charge in [0.05, 0.1) is 11.9 Å². The first-order chi connectivity index (χ1) is 11.6. The van der Waals surface area contributed by atoms with Gasteiger partial charge in [-0.05, 0) is 24.8 Å². The Bertz CT molecular complexity index is 729.